The Bertz CT molecular complexity index is 595. The molecule has 2 aromatic rings. The molecule has 0 saturated heterocycles. The first kappa shape index (κ1) is 12.2. The first-order valence-electron chi connectivity index (χ1n) is 6.71. The number of rotatable bonds is 3. The minimum atomic E-state index is 0.175. The molecule has 0 aliphatic carbocycles. The van der Waals surface area contributed by atoms with Gasteiger partial charge in [0.2, 0.25) is 0 Å². The lowest BCUT2D eigenvalue weighted by Gasteiger charge is -2.19. The Morgan fingerprint density at radius 1 is 1.32 bits per heavy atom. The van der Waals surface area contributed by atoms with Crippen LogP contribution in [0.4, 0.5) is 11.5 Å². The van der Waals surface area contributed by atoms with Crippen LogP contribution in [-0.4, -0.2) is 23.2 Å². The van der Waals surface area contributed by atoms with Gasteiger partial charge in [0.05, 0.1) is 0 Å². The molecule has 0 radical (unpaired) electrons. The Morgan fingerprint density at radius 2 is 2.16 bits per heavy atom. The number of benzene rings is 1. The van der Waals surface area contributed by atoms with Crippen LogP contribution in [0.2, 0.25) is 0 Å². The Balaban J connectivity index is 1.94. The van der Waals surface area contributed by atoms with Crippen LogP contribution in [0.1, 0.15) is 16.7 Å². The normalized spacial score (nSPS) is 13.7. The molecule has 0 spiro atoms. The standard InChI is InChI=1S/C16H18N2O/c1-12-10-16(17-11-14(12)7-9-19)18-8-6-13-4-2-3-5-15(13)18/h2-5,10-11,19H,6-9H2,1H3. The molecular formula is C16H18N2O. The molecule has 0 fully saturated rings. The highest BCUT2D eigenvalue weighted by Gasteiger charge is 2.20. The second-order valence-corrected chi connectivity index (χ2v) is 4.97. The second kappa shape index (κ2) is 5.02. The predicted molar refractivity (Wildman–Crippen MR) is 76.9 cm³/mol. The third-order valence-electron chi connectivity index (χ3n) is 3.75. The van der Waals surface area contributed by atoms with E-state index < -0.39 is 0 Å². The summed E-state index contributed by atoms with van der Waals surface area (Å²) in [6.45, 7) is 3.25. The molecule has 0 bridgehead atoms. The molecule has 1 aliphatic rings. The van der Waals surface area contributed by atoms with Crippen molar-refractivity contribution in [2.24, 2.45) is 0 Å². The van der Waals surface area contributed by atoms with Crippen molar-refractivity contribution in [3.8, 4) is 0 Å². The monoisotopic (exact) mass is 254 g/mol. The van der Waals surface area contributed by atoms with Crippen LogP contribution in [0.15, 0.2) is 36.5 Å². The summed E-state index contributed by atoms with van der Waals surface area (Å²) in [6, 6.07) is 10.6. The predicted octanol–water partition coefficient (Wildman–Crippen LogP) is 2.62. The Kier molecular flexibility index (Phi) is 3.22. The van der Waals surface area contributed by atoms with Crippen molar-refractivity contribution < 1.29 is 5.11 Å². The van der Waals surface area contributed by atoms with Crippen LogP contribution in [-0.2, 0) is 12.8 Å². The highest BCUT2D eigenvalue weighted by atomic mass is 16.2. The number of para-hydroxylation sites is 1. The van der Waals surface area contributed by atoms with E-state index in [0.717, 1.165) is 24.3 Å². The maximum atomic E-state index is 9.02. The summed E-state index contributed by atoms with van der Waals surface area (Å²) < 4.78 is 0. The molecule has 98 valence electrons. The van der Waals surface area contributed by atoms with Crippen LogP contribution in [0.3, 0.4) is 0 Å². The number of hydrogen-bond donors (Lipinski definition) is 1. The number of aliphatic hydroxyl groups excluding tert-OH is 1. The summed E-state index contributed by atoms with van der Waals surface area (Å²) in [4.78, 5) is 6.82. The summed E-state index contributed by atoms with van der Waals surface area (Å²) in [7, 11) is 0. The maximum Gasteiger partial charge on any atom is 0.133 e. The van der Waals surface area contributed by atoms with Crippen molar-refractivity contribution >= 4 is 11.5 Å². The van der Waals surface area contributed by atoms with E-state index in [9.17, 15) is 0 Å². The molecule has 0 amide bonds. The SMILES string of the molecule is Cc1cc(N2CCc3ccccc32)ncc1CCO. The van der Waals surface area contributed by atoms with E-state index in [1.165, 1.54) is 16.8 Å². The largest absolute Gasteiger partial charge is 0.396 e. The van der Waals surface area contributed by atoms with Gasteiger partial charge in [-0.05, 0) is 48.6 Å². The molecule has 3 nitrogen and oxygen atoms in total. The molecule has 3 rings (SSSR count). The number of aliphatic hydroxyl groups is 1. The van der Waals surface area contributed by atoms with Gasteiger partial charge in [0.15, 0.2) is 0 Å². The molecule has 1 N–H and O–H groups in total. The van der Waals surface area contributed by atoms with Crippen LogP contribution >= 0.6 is 0 Å². The van der Waals surface area contributed by atoms with Crippen LogP contribution in [0.5, 0.6) is 0 Å². The summed E-state index contributed by atoms with van der Waals surface area (Å²) in [5, 5.41) is 9.02. The van der Waals surface area contributed by atoms with Crippen LogP contribution < -0.4 is 4.90 Å². The van der Waals surface area contributed by atoms with E-state index in [1.807, 2.05) is 6.20 Å². The minimum absolute atomic E-state index is 0.175. The fourth-order valence-electron chi connectivity index (χ4n) is 2.68. The van der Waals surface area contributed by atoms with Crippen molar-refractivity contribution in [2.45, 2.75) is 19.8 Å². The number of pyridine rings is 1. The van der Waals surface area contributed by atoms with E-state index in [4.69, 9.17) is 5.11 Å². The summed E-state index contributed by atoms with van der Waals surface area (Å²) in [5.74, 6) is 1.00. The zero-order valence-corrected chi connectivity index (χ0v) is 11.1. The molecular weight excluding hydrogens is 236 g/mol. The Labute approximate surface area is 113 Å². The average Bonchev–Trinajstić information content (AvgIpc) is 2.85. The van der Waals surface area contributed by atoms with Crippen molar-refractivity contribution in [2.75, 3.05) is 18.1 Å². The van der Waals surface area contributed by atoms with Crippen LogP contribution in [0, 0.1) is 6.92 Å². The first-order valence-corrected chi connectivity index (χ1v) is 6.71. The number of aryl methyl sites for hydroxylation is 1. The van der Waals surface area contributed by atoms with Gasteiger partial charge < -0.3 is 10.0 Å². The Hall–Kier alpha value is -1.87. The van der Waals surface area contributed by atoms with Gasteiger partial charge in [-0.2, -0.15) is 0 Å². The number of hydrogen-bond acceptors (Lipinski definition) is 3. The van der Waals surface area contributed by atoms with Gasteiger partial charge >= 0.3 is 0 Å². The topological polar surface area (TPSA) is 36.4 Å². The van der Waals surface area contributed by atoms with Crippen LogP contribution in [0.25, 0.3) is 0 Å². The fourth-order valence-corrected chi connectivity index (χ4v) is 2.68. The number of aromatic nitrogens is 1. The van der Waals surface area contributed by atoms with Gasteiger partial charge in [-0.3, -0.25) is 0 Å². The van der Waals surface area contributed by atoms with Gasteiger partial charge in [0.1, 0.15) is 5.82 Å². The lowest BCUT2D eigenvalue weighted by atomic mass is 10.1. The molecule has 19 heavy (non-hydrogen) atoms. The minimum Gasteiger partial charge on any atom is -0.396 e. The lowest BCUT2D eigenvalue weighted by Crippen LogP contribution is -2.15. The van der Waals surface area contributed by atoms with Gasteiger partial charge in [0.25, 0.3) is 0 Å². The molecule has 2 heterocycles. The van der Waals surface area contributed by atoms with Crippen molar-refractivity contribution in [1.29, 1.82) is 0 Å². The van der Waals surface area contributed by atoms with E-state index in [1.54, 1.807) is 0 Å². The van der Waals surface area contributed by atoms with E-state index in [-0.39, 0.29) is 6.61 Å². The van der Waals surface area contributed by atoms with E-state index in [0.29, 0.717) is 6.42 Å². The molecule has 1 aromatic carbocycles. The Morgan fingerprint density at radius 3 is 2.95 bits per heavy atom. The molecule has 0 unspecified atom stereocenters. The fraction of sp³-hybridized carbons (Fsp3) is 0.312. The van der Waals surface area contributed by atoms with Gasteiger partial charge in [-0.25, -0.2) is 4.98 Å². The maximum absolute atomic E-state index is 9.02. The zero-order chi connectivity index (χ0) is 13.2. The van der Waals surface area contributed by atoms with Gasteiger partial charge in [-0.15, -0.1) is 0 Å². The zero-order valence-electron chi connectivity index (χ0n) is 11.1. The highest BCUT2D eigenvalue weighted by molar-refractivity contribution is 5.67. The molecule has 0 saturated carbocycles. The lowest BCUT2D eigenvalue weighted by molar-refractivity contribution is 0.299. The number of nitrogens with zero attached hydrogens (tertiary/aromatic N) is 2. The van der Waals surface area contributed by atoms with E-state index in [2.05, 4.69) is 47.1 Å². The third-order valence-corrected chi connectivity index (χ3v) is 3.75. The number of anilines is 2. The number of fused-ring (bicyclic) bond motifs is 1. The summed E-state index contributed by atoms with van der Waals surface area (Å²) >= 11 is 0. The second-order valence-electron chi connectivity index (χ2n) is 4.97. The molecule has 1 aliphatic heterocycles. The molecule has 1 aromatic heterocycles. The van der Waals surface area contributed by atoms with Gasteiger partial charge in [0, 0.05) is 25.0 Å². The summed E-state index contributed by atoms with van der Waals surface area (Å²) in [6.07, 6.45) is 3.65. The molecule has 3 heteroatoms. The quantitative estimate of drug-likeness (QED) is 0.914. The summed E-state index contributed by atoms with van der Waals surface area (Å²) in [5.41, 5.74) is 4.98. The third kappa shape index (κ3) is 2.22. The smallest absolute Gasteiger partial charge is 0.133 e. The first-order chi connectivity index (χ1) is 9.29. The van der Waals surface area contributed by atoms with Crippen molar-refractivity contribution in [1.82, 2.24) is 4.98 Å². The molecule has 0 atom stereocenters. The van der Waals surface area contributed by atoms with Crippen molar-refractivity contribution in [3.05, 3.63) is 53.2 Å². The van der Waals surface area contributed by atoms with Crippen molar-refractivity contribution in [3.63, 3.8) is 0 Å². The average molecular weight is 254 g/mol. The van der Waals surface area contributed by atoms with E-state index >= 15 is 0 Å². The highest BCUT2D eigenvalue weighted by Crippen LogP contribution is 2.33. The van der Waals surface area contributed by atoms with Gasteiger partial charge in [-0.1, -0.05) is 18.2 Å².